The van der Waals surface area contributed by atoms with Gasteiger partial charge in [0, 0.05) is 12.2 Å². The Balaban J connectivity index is 1.44. The van der Waals surface area contributed by atoms with Gasteiger partial charge in [-0.2, -0.15) is 0 Å². The molecule has 2 amide bonds. The second-order valence-corrected chi connectivity index (χ2v) is 9.52. The molecule has 0 unspecified atom stereocenters. The van der Waals surface area contributed by atoms with Gasteiger partial charge in [0.25, 0.3) is 11.8 Å². The molecule has 1 aliphatic rings. The number of benzene rings is 3. The van der Waals surface area contributed by atoms with Gasteiger partial charge in [-0.15, -0.1) is 0 Å². The van der Waals surface area contributed by atoms with Crippen LogP contribution < -0.4 is 10.1 Å². The zero-order valence-electron chi connectivity index (χ0n) is 21.2. The van der Waals surface area contributed by atoms with Crippen molar-refractivity contribution in [2.75, 3.05) is 11.9 Å². The summed E-state index contributed by atoms with van der Waals surface area (Å²) in [5, 5.41) is 2.92. The molecular formula is C31H30N2O4. The third kappa shape index (κ3) is 5.28. The number of nitrogens with zero attached hydrogens (tertiary/aromatic N) is 1. The van der Waals surface area contributed by atoms with Gasteiger partial charge < -0.3 is 19.4 Å². The minimum Gasteiger partial charge on any atom is -0.481 e. The third-order valence-corrected chi connectivity index (χ3v) is 6.66. The summed E-state index contributed by atoms with van der Waals surface area (Å²) in [6.07, 6.45) is 1.52. The predicted octanol–water partition coefficient (Wildman–Crippen LogP) is 6.09. The van der Waals surface area contributed by atoms with Crippen LogP contribution in [0.3, 0.4) is 0 Å². The SMILES string of the molecule is Cc1cccc(NC(=O)[C@@H](C)Oc2ccc3c(c2)[C@@H](c2cccc(C)c2)N(C(=O)c2ccco2)CC3)c1. The number of carbonyl (C=O) groups excluding carboxylic acids is 2. The van der Waals surface area contributed by atoms with Crippen LogP contribution in [0.4, 0.5) is 5.69 Å². The summed E-state index contributed by atoms with van der Waals surface area (Å²) >= 11 is 0. The van der Waals surface area contributed by atoms with Gasteiger partial charge in [-0.3, -0.25) is 9.59 Å². The number of rotatable bonds is 6. The molecule has 188 valence electrons. The van der Waals surface area contributed by atoms with E-state index in [0.717, 1.165) is 33.5 Å². The zero-order valence-corrected chi connectivity index (χ0v) is 21.2. The van der Waals surface area contributed by atoms with Crippen molar-refractivity contribution in [2.24, 2.45) is 0 Å². The normalized spacial score (nSPS) is 15.5. The molecule has 0 spiro atoms. The fraction of sp³-hybridized carbons (Fsp3) is 0.226. The highest BCUT2D eigenvalue weighted by molar-refractivity contribution is 5.94. The number of ether oxygens (including phenoxy) is 1. The van der Waals surface area contributed by atoms with Gasteiger partial charge >= 0.3 is 0 Å². The molecule has 0 fully saturated rings. The van der Waals surface area contributed by atoms with Crippen LogP contribution in [-0.2, 0) is 11.2 Å². The molecule has 1 aliphatic heterocycles. The highest BCUT2D eigenvalue weighted by Crippen LogP contribution is 2.38. The Bertz CT molecular complexity index is 1430. The maximum Gasteiger partial charge on any atom is 0.290 e. The van der Waals surface area contributed by atoms with E-state index in [4.69, 9.17) is 9.15 Å². The maximum atomic E-state index is 13.4. The first kappa shape index (κ1) is 24.4. The smallest absolute Gasteiger partial charge is 0.290 e. The molecule has 37 heavy (non-hydrogen) atoms. The topological polar surface area (TPSA) is 71.8 Å². The molecule has 0 bridgehead atoms. The summed E-state index contributed by atoms with van der Waals surface area (Å²) < 4.78 is 11.5. The number of hydrogen-bond acceptors (Lipinski definition) is 4. The molecule has 6 heteroatoms. The molecule has 2 atom stereocenters. The first-order valence-electron chi connectivity index (χ1n) is 12.5. The average Bonchev–Trinajstić information content (AvgIpc) is 3.42. The molecule has 0 radical (unpaired) electrons. The van der Waals surface area contributed by atoms with Crippen LogP contribution in [0.1, 0.15) is 51.3 Å². The van der Waals surface area contributed by atoms with Crippen molar-refractivity contribution in [1.29, 1.82) is 0 Å². The van der Waals surface area contributed by atoms with Crippen molar-refractivity contribution in [2.45, 2.75) is 39.3 Å². The molecular weight excluding hydrogens is 464 g/mol. The Hall–Kier alpha value is -4.32. The van der Waals surface area contributed by atoms with Gasteiger partial charge in [0.05, 0.1) is 12.3 Å². The number of aryl methyl sites for hydroxylation is 2. The van der Waals surface area contributed by atoms with Gasteiger partial charge in [0.1, 0.15) is 5.75 Å². The Morgan fingerprint density at radius 3 is 2.49 bits per heavy atom. The van der Waals surface area contributed by atoms with E-state index in [2.05, 4.69) is 11.4 Å². The van der Waals surface area contributed by atoms with E-state index in [1.807, 2.05) is 79.4 Å². The average molecular weight is 495 g/mol. The Morgan fingerprint density at radius 2 is 1.76 bits per heavy atom. The molecule has 5 rings (SSSR count). The van der Waals surface area contributed by atoms with Crippen molar-refractivity contribution < 1.29 is 18.7 Å². The molecule has 0 saturated carbocycles. The van der Waals surface area contributed by atoms with E-state index in [1.165, 1.54) is 6.26 Å². The van der Waals surface area contributed by atoms with E-state index < -0.39 is 6.10 Å². The van der Waals surface area contributed by atoms with E-state index >= 15 is 0 Å². The summed E-state index contributed by atoms with van der Waals surface area (Å²) in [7, 11) is 0. The summed E-state index contributed by atoms with van der Waals surface area (Å²) in [5.41, 5.74) is 6.07. The number of anilines is 1. The number of fused-ring (bicyclic) bond motifs is 1. The molecule has 1 aromatic heterocycles. The van der Waals surface area contributed by atoms with E-state index in [-0.39, 0.29) is 17.9 Å². The molecule has 0 aliphatic carbocycles. The van der Waals surface area contributed by atoms with Gasteiger partial charge in [-0.1, -0.05) is 48.0 Å². The summed E-state index contributed by atoms with van der Waals surface area (Å²) in [6.45, 7) is 6.32. The Morgan fingerprint density at radius 1 is 0.973 bits per heavy atom. The van der Waals surface area contributed by atoms with Crippen LogP contribution in [0.2, 0.25) is 0 Å². The van der Waals surface area contributed by atoms with Gasteiger partial charge in [0.2, 0.25) is 0 Å². The largest absolute Gasteiger partial charge is 0.481 e. The lowest BCUT2D eigenvalue weighted by Crippen LogP contribution is -2.40. The molecule has 4 aromatic rings. The first-order chi connectivity index (χ1) is 17.9. The highest BCUT2D eigenvalue weighted by Gasteiger charge is 2.34. The molecule has 0 saturated heterocycles. The number of furan rings is 1. The van der Waals surface area contributed by atoms with Crippen molar-refractivity contribution >= 4 is 17.5 Å². The van der Waals surface area contributed by atoms with Crippen LogP contribution in [0, 0.1) is 13.8 Å². The highest BCUT2D eigenvalue weighted by atomic mass is 16.5. The van der Waals surface area contributed by atoms with E-state index in [9.17, 15) is 9.59 Å². The summed E-state index contributed by atoms with van der Waals surface area (Å²) in [6, 6.07) is 24.9. The minimum absolute atomic E-state index is 0.153. The molecule has 2 heterocycles. The van der Waals surface area contributed by atoms with E-state index in [1.54, 1.807) is 19.1 Å². The Labute approximate surface area is 216 Å². The Kier molecular flexibility index (Phi) is 6.82. The number of amides is 2. The van der Waals surface area contributed by atoms with Crippen molar-refractivity contribution in [3.63, 3.8) is 0 Å². The summed E-state index contributed by atoms with van der Waals surface area (Å²) in [4.78, 5) is 28.1. The fourth-order valence-corrected chi connectivity index (χ4v) is 4.85. The fourth-order valence-electron chi connectivity index (χ4n) is 4.85. The van der Waals surface area contributed by atoms with Gasteiger partial charge in [-0.25, -0.2) is 0 Å². The first-order valence-corrected chi connectivity index (χ1v) is 12.5. The molecule has 3 aromatic carbocycles. The lowest BCUT2D eigenvalue weighted by Gasteiger charge is -2.37. The standard InChI is InChI=1S/C31H30N2O4/c1-20-7-4-9-24(17-20)29-27-19-26(37-22(3)30(34)32-25-10-5-8-21(2)18-25)13-12-23(27)14-15-33(29)31(35)28-11-6-16-36-28/h4-13,16-19,22,29H,14-15H2,1-3H3,(H,32,34)/t22-,29-/m1/s1. The number of nitrogens with one attached hydrogen (secondary N) is 1. The quantitative estimate of drug-likeness (QED) is 0.352. The molecule has 1 N–H and O–H groups in total. The minimum atomic E-state index is -0.708. The zero-order chi connectivity index (χ0) is 25.9. The second-order valence-electron chi connectivity index (χ2n) is 9.52. The monoisotopic (exact) mass is 494 g/mol. The summed E-state index contributed by atoms with van der Waals surface area (Å²) in [5.74, 6) is 0.512. The third-order valence-electron chi connectivity index (χ3n) is 6.66. The van der Waals surface area contributed by atoms with Crippen molar-refractivity contribution in [3.8, 4) is 5.75 Å². The van der Waals surface area contributed by atoms with E-state index in [0.29, 0.717) is 24.5 Å². The maximum absolute atomic E-state index is 13.4. The lowest BCUT2D eigenvalue weighted by molar-refractivity contribution is -0.122. The van der Waals surface area contributed by atoms with Crippen LogP contribution in [0.25, 0.3) is 0 Å². The van der Waals surface area contributed by atoms with Crippen LogP contribution in [0.15, 0.2) is 89.5 Å². The van der Waals surface area contributed by atoms with Crippen LogP contribution >= 0.6 is 0 Å². The second kappa shape index (κ2) is 10.3. The van der Waals surface area contributed by atoms with Gasteiger partial charge in [0.15, 0.2) is 11.9 Å². The van der Waals surface area contributed by atoms with Gasteiger partial charge in [-0.05, 0) is 85.8 Å². The predicted molar refractivity (Wildman–Crippen MR) is 143 cm³/mol. The van der Waals surface area contributed by atoms with Crippen LogP contribution in [-0.4, -0.2) is 29.4 Å². The van der Waals surface area contributed by atoms with Crippen LogP contribution in [0.5, 0.6) is 5.75 Å². The number of hydrogen-bond donors (Lipinski definition) is 1. The molecule has 6 nitrogen and oxygen atoms in total. The lowest BCUT2D eigenvalue weighted by atomic mass is 9.87. The van der Waals surface area contributed by atoms with Crippen molar-refractivity contribution in [1.82, 2.24) is 4.90 Å². The van der Waals surface area contributed by atoms with Crippen molar-refractivity contribution in [3.05, 3.63) is 119 Å². The number of carbonyl (C=O) groups is 2.